The molecule has 0 aromatic heterocycles. The molecule has 0 aliphatic carbocycles. The molecule has 0 radical (unpaired) electrons. The van der Waals surface area contributed by atoms with Crippen molar-refractivity contribution in [3.05, 3.63) is 88.4 Å². The summed E-state index contributed by atoms with van der Waals surface area (Å²) in [6, 6.07) is 18.4. The maximum Gasteiger partial charge on any atom is 0.264 e. The van der Waals surface area contributed by atoms with Crippen molar-refractivity contribution < 1.29 is 22.7 Å². The topological polar surface area (TPSA) is 96.0 Å². The lowest BCUT2D eigenvalue weighted by Gasteiger charge is -2.34. The third-order valence-corrected chi connectivity index (χ3v) is 9.30. The van der Waals surface area contributed by atoms with Gasteiger partial charge in [0.05, 0.1) is 17.2 Å². The van der Waals surface area contributed by atoms with Crippen LogP contribution in [0.25, 0.3) is 0 Å². The zero-order valence-corrected chi connectivity index (χ0v) is 26.5. The molecule has 0 aliphatic heterocycles. The molecule has 3 rings (SSSR count). The third kappa shape index (κ3) is 7.96. The van der Waals surface area contributed by atoms with Gasteiger partial charge >= 0.3 is 0 Å². The number of benzene rings is 3. The minimum atomic E-state index is -4.24. The van der Waals surface area contributed by atoms with Crippen LogP contribution in [0.5, 0.6) is 5.75 Å². The second kappa shape index (κ2) is 15.3. The summed E-state index contributed by atoms with van der Waals surface area (Å²) in [7, 11) is -4.24. The van der Waals surface area contributed by atoms with Crippen LogP contribution < -0.4 is 14.4 Å². The summed E-state index contributed by atoms with van der Waals surface area (Å²) in [4.78, 5) is 29.1. The van der Waals surface area contributed by atoms with E-state index in [2.05, 4.69) is 5.32 Å². The molecule has 3 aromatic carbocycles. The summed E-state index contributed by atoms with van der Waals surface area (Å²) >= 11 is 13.0. The van der Waals surface area contributed by atoms with Crippen molar-refractivity contribution in [3.63, 3.8) is 0 Å². The molecular formula is C31H37Cl2N3O5S. The lowest BCUT2D eigenvalue weighted by molar-refractivity contribution is -0.140. The minimum absolute atomic E-state index is 0.00588. The number of hydrogen-bond acceptors (Lipinski definition) is 5. The average molecular weight is 635 g/mol. The highest BCUT2D eigenvalue weighted by atomic mass is 35.5. The van der Waals surface area contributed by atoms with Crippen LogP contribution in [-0.2, 0) is 26.2 Å². The van der Waals surface area contributed by atoms with E-state index >= 15 is 0 Å². The van der Waals surface area contributed by atoms with Crippen molar-refractivity contribution in [1.82, 2.24) is 10.2 Å². The van der Waals surface area contributed by atoms with Crippen molar-refractivity contribution in [1.29, 1.82) is 0 Å². The highest BCUT2D eigenvalue weighted by Crippen LogP contribution is 2.33. The molecular weight excluding hydrogens is 597 g/mol. The van der Waals surface area contributed by atoms with Gasteiger partial charge in [-0.15, -0.1) is 0 Å². The summed E-state index contributed by atoms with van der Waals surface area (Å²) in [5, 5.41) is 3.60. The van der Waals surface area contributed by atoms with Gasteiger partial charge in [-0.1, -0.05) is 73.4 Å². The first kappa shape index (κ1) is 33.2. The smallest absolute Gasteiger partial charge is 0.264 e. The fourth-order valence-corrected chi connectivity index (χ4v) is 6.35. The van der Waals surface area contributed by atoms with Gasteiger partial charge in [0.25, 0.3) is 10.0 Å². The van der Waals surface area contributed by atoms with E-state index in [1.54, 1.807) is 74.5 Å². The number of para-hydroxylation sites is 2. The van der Waals surface area contributed by atoms with Crippen LogP contribution >= 0.6 is 23.2 Å². The molecule has 11 heteroatoms. The number of sulfonamides is 1. The number of halogens is 2. The molecule has 2 atom stereocenters. The lowest BCUT2D eigenvalue weighted by atomic mass is 10.1. The number of nitrogens with one attached hydrogen (secondary N) is 1. The minimum Gasteiger partial charge on any atom is -0.492 e. The maximum atomic E-state index is 14.3. The van der Waals surface area contributed by atoms with Gasteiger partial charge in [0.1, 0.15) is 18.3 Å². The molecule has 8 nitrogen and oxygen atoms in total. The molecule has 0 fully saturated rings. The quantitative estimate of drug-likeness (QED) is 0.224. The number of carbonyl (C=O) groups excluding carboxylic acids is 2. The average Bonchev–Trinajstić information content (AvgIpc) is 2.98. The second-order valence-electron chi connectivity index (χ2n) is 9.69. The highest BCUT2D eigenvalue weighted by molar-refractivity contribution is 7.92. The van der Waals surface area contributed by atoms with E-state index in [0.29, 0.717) is 27.8 Å². The molecule has 0 saturated carbocycles. The van der Waals surface area contributed by atoms with E-state index in [1.807, 2.05) is 13.8 Å². The second-order valence-corrected chi connectivity index (χ2v) is 12.4. The molecule has 0 bridgehead atoms. The van der Waals surface area contributed by atoms with Crippen molar-refractivity contribution in [2.75, 3.05) is 17.5 Å². The maximum absolute atomic E-state index is 14.3. The van der Waals surface area contributed by atoms with Gasteiger partial charge in [0, 0.05) is 28.2 Å². The monoisotopic (exact) mass is 633 g/mol. The predicted octanol–water partition coefficient (Wildman–Crippen LogP) is 6.31. The largest absolute Gasteiger partial charge is 0.492 e. The van der Waals surface area contributed by atoms with E-state index in [-0.39, 0.29) is 42.1 Å². The van der Waals surface area contributed by atoms with Gasteiger partial charge in [-0.2, -0.15) is 0 Å². The predicted molar refractivity (Wildman–Crippen MR) is 168 cm³/mol. The van der Waals surface area contributed by atoms with E-state index in [9.17, 15) is 18.0 Å². The summed E-state index contributed by atoms with van der Waals surface area (Å²) in [6.07, 6.45) is 0.973. The van der Waals surface area contributed by atoms with Gasteiger partial charge in [-0.05, 0) is 63.1 Å². The van der Waals surface area contributed by atoms with Gasteiger partial charge in [-0.25, -0.2) is 8.42 Å². The van der Waals surface area contributed by atoms with E-state index in [0.717, 1.165) is 4.31 Å². The fourth-order valence-electron chi connectivity index (χ4n) is 4.39. The Balaban J connectivity index is 2.14. The number of amides is 2. The van der Waals surface area contributed by atoms with Gasteiger partial charge in [0.2, 0.25) is 11.8 Å². The molecule has 0 spiro atoms. The Morgan fingerprint density at radius 1 is 0.881 bits per heavy atom. The van der Waals surface area contributed by atoms with Crippen LogP contribution in [0.2, 0.25) is 10.0 Å². The highest BCUT2D eigenvalue weighted by Gasteiger charge is 2.35. The van der Waals surface area contributed by atoms with Crippen molar-refractivity contribution in [2.45, 2.75) is 64.1 Å². The summed E-state index contributed by atoms with van der Waals surface area (Å²) in [6.45, 7) is 6.98. The first-order chi connectivity index (χ1) is 20.0. The van der Waals surface area contributed by atoms with E-state index in [1.165, 1.54) is 17.0 Å². The van der Waals surface area contributed by atoms with E-state index in [4.69, 9.17) is 27.9 Å². The summed E-state index contributed by atoms with van der Waals surface area (Å²) in [5.74, 6) is -0.659. The number of anilines is 1. The Morgan fingerprint density at radius 3 is 2.10 bits per heavy atom. The summed E-state index contributed by atoms with van der Waals surface area (Å²) < 4.78 is 34.9. The third-order valence-electron chi connectivity index (χ3n) is 6.82. The Labute approximate surface area is 258 Å². The first-order valence-corrected chi connectivity index (χ1v) is 16.1. The van der Waals surface area contributed by atoms with Crippen LogP contribution in [0.4, 0.5) is 5.69 Å². The van der Waals surface area contributed by atoms with Crippen molar-refractivity contribution in [2.24, 2.45) is 0 Å². The van der Waals surface area contributed by atoms with Crippen LogP contribution in [0.15, 0.2) is 77.7 Å². The SMILES string of the molecule is CCOc1ccccc1N(CC(=O)N(Cc1c(Cl)cccc1Cl)[C@H](CC)C(=O)N[C@@H](C)CC)S(=O)(=O)c1ccccc1. The zero-order valence-electron chi connectivity index (χ0n) is 24.2. The Hall–Kier alpha value is -3.27. The van der Waals surface area contributed by atoms with Gasteiger partial charge in [-0.3, -0.25) is 13.9 Å². The normalized spacial score (nSPS) is 12.7. The standard InChI is InChI=1S/C31H37Cl2N3O5S/c1-5-22(4)34-31(38)27(6-2)35(20-24-25(32)16-13-17-26(24)33)30(37)21-36(28-18-11-12-19-29(28)41-7-3)42(39,40)23-14-9-8-10-15-23/h8-19,22,27H,5-7,20-21H2,1-4H3,(H,34,38)/t22-,27+/m0/s1. The molecule has 42 heavy (non-hydrogen) atoms. The molecule has 226 valence electrons. The first-order valence-electron chi connectivity index (χ1n) is 13.9. The van der Waals surface area contributed by atoms with E-state index < -0.39 is 28.5 Å². The van der Waals surface area contributed by atoms with Crippen LogP contribution in [0, 0.1) is 0 Å². The Kier molecular flexibility index (Phi) is 12.1. The summed E-state index contributed by atoms with van der Waals surface area (Å²) in [5.41, 5.74) is 0.653. The Bertz CT molecular complexity index is 1450. The van der Waals surface area contributed by atoms with Crippen LogP contribution in [-0.4, -0.2) is 50.4 Å². The molecule has 0 heterocycles. The van der Waals surface area contributed by atoms with Crippen LogP contribution in [0.3, 0.4) is 0 Å². The zero-order chi connectivity index (χ0) is 30.9. The molecule has 1 N–H and O–H groups in total. The molecule has 2 amide bonds. The van der Waals surface area contributed by atoms with Crippen molar-refractivity contribution in [3.8, 4) is 5.75 Å². The number of nitrogens with zero attached hydrogens (tertiary/aromatic N) is 2. The lowest BCUT2D eigenvalue weighted by Crippen LogP contribution is -2.53. The number of hydrogen-bond donors (Lipinski definition) is 1. The molecule has 0 unspecified atom stereocenters. The van der Waals surface area contributed by atoms with Gasteiger partial charge < -0.3 is 15.0 Å². The van der Waals surface area contributed by atoms with Crippen molar-refractivity contribution >= 4 is 50.7 Å². The number of rotatable bonds is 14. The van der Waals surface area contributed by atoms with Crippen LogP contribution in [0.1, 0.15) is 46.1 Å². The number of ether oxygens (including phenoxy) is 1. The molecule has 0 aliphatic rings. The molecule has 0 saturated heterocycles. The fraction of sp³-hybridized carbons (Fsp3) is 0.355. The Morgan fingerprint density at radius 2 is 1.50 bits per heavy atom. The van der Waals surface area contributed by atoms with Gasteiger partial charge in [0.15, 0.2) is 0 Å². The number of carbonyl (C=O) groups is 2. The molecule has 3 aromatic rings.